The van der Waals surface area contributed by atoms with Gasteiger partial charge in [-0.15, -0.1) is 0 Å². The Morgan fingerprint density at radius 2 is 1.96 bits per heavy atom. The Kier molecular flexibility index (Phi) is 3.80. The molecule has 1 aliphatic carbocycles. The summed E-state index contributed by atoms with van der Waals surface area (Å²) in [5.74, 6) is -0.832. The van der Waals surface area contributed by atoms with Crippen molar-refractivity contribution in [3.63, 3.8) is 0 Å². The van der Waals surface area contributed by atoms with E-state index in [4.69, 9.17) is 5.73 Å². The van der Waals surface area contributed by atoms with Crippen molar-refractivity contribution in [1.82, 2.24) is 0 Å². The fourth-order valence-electron chi connectivity index (χ4n) is 3.67. The van der Waals surface area contributed by atoms with Crippen LogP contribution in [0.3, 0.4) is 0 Å². The molecule has 0 unspecified atom stereocenters. The summed E-state index contributed by atoms with van der Waals surface area (Å²) in [4.78, 5) is 26.0. The molecule has 1 fully saturated rings. The molecule has 4 rings (SSSR count). The molecular weight excluding hydrogens is 335 g/mol. The summed E-state index contributed by atoms with van der Waals surface area (Å²) in [6.07, 6.45) is 1.94. The van der Waals surface area contributed by atoms with E-state index in [1.165, 1.54) is 19.2 Å². The number of amides is 1. The molecule has 0 radical (unpaired) electrons. The van der Waals surface area contributed by atoms with Crippen molar-refractivity contribution >= 4 is 23.3 Å². The third-order valence-corrected chi connectivity index (χ3v) is 5.23. The Labute approximate surface area is 150 Å². The van der Waals surface area contributed by atoms with Crippen LogP contribution in [0.15, 0.2) is 42.5 Å². The molecule has 2 N–H and O–H groups in total. The molecule has 26 heavy (non-hydrogen) atoms. The van der Waals surface area contributed by atoms with Gasteiger partial charge in [0.05, 0.1) is 18.2 Å². The number of hydrogen-bond donors (Lipinski definition) is 1. The molecule has 2 aromatic rings. The summed E-state index contributed by atoms with van der Waals surface area (Å²) in [6.45, 7) is 0. The number of fused-ring (bicyclic) bond motifs is 2. The number of benzene rings is 2. The van der Waals surface area contributed by atoms with Gasteiger partial charge in [0.2, 0.25) is 5.91 Å². The maximum atomic E-state index is 13.8. The molecular formula is C20H19FN2O3. The summed E-state index contributed by atoms with van der Waals surface area (Å²) in [5.41, 5.74) is 8.37. The van der Waals surface area contributed by atoms with Gasteiger partial charge in [-0.05, 0) is 54.7 Å². The summed E-state index contributed by atoms with van der Waals surface area (Å²) < 4.78 is 18.4. The van der Waals surface area contributed by atoms with Gasteiger partial charge in [0.1, 0.15) is 11.9 Å². The molecule has 0 saturated heterocycles. The highest BCUT2D eigenvalue weighted by molar-refractivity contribution is 6.14. The third-order valence-electron chi connectivity index (χ3n) is 5.23. The van der Waals surface area contributed by atoms with E-state index < -0.39 is 17.4 Å². The second kappa shape index (κ2) is 5.92. The number of hydrogen-bond acceptors (Lipinski definition) is 4. The minimum absolute atomic E-state index is 0.00267. The van der Waals surface area contributed by atoms with Crippen molar-refractivity contribution in [2.75, 3.05) is 12.0 Å². The smallest absolute Gasteiger partial charge is 0.322 e. The molecule has 1 heterocycles. The zero-order valence-electron chi connectivity index (χ0n) is 14.4. The average molecular weight is 354 g/mol. The number of methoxy groups -OCH3 is 1. The largest absolute Gasteiger partial charge is 0.468 e. The van der Waals surface area contributed by atoms with Crippen molar-refractivity contribution < 1.29 is 18.7 Å². The van der Waals surface area contributed by atoms with Crippen molar-refractivity contribution in [2.24, 2.45) is 5.73 Å². The molecule has 1 aliphatic heterocycles. The van der Waals surface area contributed by atoms with E-state index in [-0.39, 0.29) is 11.7 Å². The van der Waals surface area contributed by atoms with Crippen LogP contribution in [0.4, 0.5) is 15.8 Å². The molecule has 1 spiro atoms. The van der Waals surface area contributed by atoms with E-state index >= 15 is 0 Å². The van der Waals surface area contributed by atoms with Crippen LogP contribution >= 0.6 is 0 Å². The standard InChI is InChI=1S/C20H19FN2O3/c1-26-18(24)16(22)10-12-2-5-14(6-3-12)23-17-11-13(21)4-7-15(17)20(8-9-20)19(23)25/h2-7,11,16H,8-10,22H2,1H3/t16-/m0/s1. The fraction of sp³-hybridized carbons (Fsp3) is 0.300. The van der Waals surface area contributed by atoms with E-state index in [1.54, 1.807) is 23.1 Å². The lowest BCUT2D eigenvalue weighted by molar-refractivity contribution is -0.142. The zero-order valence-corrected chi connectivity index (χ0v) is 14.4. The number of esters is 1. The molecule has 0 aromatic heterocycles. The van der Waals surface area contributed by atoms with E-state index in [9.17, 15) is 14.0 Å². The second-order valence-electron chi connectivity index (χ2n) is 6.88. The SMILES string of the molecule is COC(=O)[C@@H](N)Cc1ccc(N2C(=O)C3(CC3)c3ccc(F)cc32)cc1. The first-order chi connectivity index (χ1) is 12.5. The van der Waals surface area contributed by atoms with Crippen molar-refractivity contribution in [2.45, 2.75) is 30.7 Å². The van der Waals surface area contributed by atoms with Gasteiger partial charge in [-0.3, -0.25) is 14.5 Å². The molecule has 6 heteroatoms. The Balaban J connectivity index is 1.63. The number of nitrogens with zero attached hydrogens (tertiary/aromatic N) is 1. The lowest BCUT2D eigenvalue weighted by Crippen LogP contribution is -2.33. The molecule has 1 atom stereocenters. The predicted octanol–water partition coefficient (Wildman–Crippen LogP) is 2.58. The van der Waals surface area contributed by atoms with Crippen LogP contribution < -0.4 is 10.6 Å². The van der Waals surface area contributed by atoms with Crippen molar-refractivity contribution in [3.8, 4) is 0 Å². The molecule has 5 nitrogen and oxygen atoms in total. The second-order valence-corrected chi connectivity index (χ2v) is 6.88. The first kappa shape index (κ1) is 16.7. The van der Waals surface area contributed by atoms with Crippen LogP contribution in [0.5, 0.6) is 0 Å². The van der Waals surface area contributed by atoms with Gasteiger partial charge in [-0.1, -0.05) is 18.2 Å². The molecule has 0 bridgehead atoms. The first-order valence-corrected chi connectivity index (χ1v) is 8.53. The quantitative estimate of drug-likeness (QED) is 0.857. The molecule has 134 valence electrons. The summed E-state index contributed by atoms with van der Waals surface area (Å²) in [5, 5.41) is 0. The lowest BCUT2D eigenvalue weighted by atomic mass is 9.98. The number of rotatable bonds is 4. The van der Waals surface area contributed by atoms with Crippen molar-refractivity contribution in [3.05, 3.63) is 59.4 Å². The van der Waals surface area contributed by atoms with Crippen LogP contribution in [0, 0.1) is 5.82 Å². The van der Waals surface area contributed by atoms with E-state index in [1.807, 2.05) is 12.1 Å². The lowest BCUT2D eigenvalue weighted by Gasteiger charge is -2.19. The van der Waals surface area contributed by atoms with Gasteiger partial charge in [-0.25, -0.2) is 4.39 Å². The van der Waals surface area contributed by atoms with Gasteiger partial charge in [0.25, 0.3) is 0 Å². The Morgan fingerprint density at radius 1 is 1.27 bits per heavy atom. The molecule has 1 amide bonds. The predicted molar refractivity (Wildman–Crippen MR) is 94.6 cm³/mol. The fourth-order valence-corrected chi connectivity index (χ4v) is 3.67. The maximum Gasteiger partial charge on any atom is 0.322 e. The summed E-state index contributed by atoms with van der Waals surface area (Å²) >= 11 is 0. The highest BCUT2D eigenvalue weighted by Crippen LogP contribution is 2.58. The number of nitrogens with two attached hydrogens (primary N) is 1. The summed E-state index contributed by atoms with van der Waals surface area (Å²) in [7, 11) is 1.30. The van der Waals surface area contributed by atoms with Crippen LogP contribution in [-0.2, 0) is 26.2 Å². The highest BCUT2D eigenvalue weighted by Gasteiger charge is 2.59. The number of carbonyl (C=O) groups is 2. The van der Waals surface area contributed by atoms with Crippen LogP contribution in [0.2, 0.25) is 0 Å². The highest BCUT2D eigenvalue weighted by atomic mass is 19.1. The Bertz CT molecular complexity index is 890. The van der Waals surface area contributed by atoms with Gasteiger partial charge in [0, 0.05) is 5.69 Å². The minimum Gasteiger partial charge on any atom is -0.468 e. The Hall–Kier alpha value is -2.73. The number of anilines is 2. The molecule has 2 aromatic carbocycles. The molecule has 1 saturated carbocycles. The van der Waals surface area contributed by atoms with Gasteiger partial charge < -0.3 is 10.5 Å². The summed E-state index contributed by atoms with van der Waals surface area (Å²) in [6, 6.07) is 11.1. The van der Waals surface area contributed by atoms with E-state index in [2.05, 4.69) is 4.74 Å². The number of ether oxygens (including phenoxy) is 1. The third kappa shape index (κ3) is 2.49. The van der Waals surface area contributed by atoms with Crippen LogP contribution in [0.25, 0.3) is 0 Å². The van der Waals surface area contributed by atoms with Gasteiger partial charge >= 0.3 is 5.97 Å². The first-order valence-electron chi connectivity index (χ1n) is 8.53. The topological polar surface area (TPSA) is 72.6 Å². The number of halogens is 1. The monoisotopic (exact) mass is 354 g/mol. The average Bonchev–Trinajstić information content (AvgIpc) is 3.40. The Morgan fingerprint density at radius 3 is 2.58 bits per heavy atom. The maximum absolute atomic E-state index is 13.8. The van der Waals surface area contributed by atoms with Crippen molar-refractivity contribution in [1.29, 1.82) is 0 Å². The molecule has 2 aliphatic rings. The minimum atomic E-state index is -0.733. The zero-order chi connectivity index (χ0) is 18.5. The van der Waals surface area contributed by atoms with Crippen LogP contribution in [0.1, 0.15) is 24.0 Å². The van der Waals surface area contributed by atoms with Gasteiger partial charge in [0.15, 0.2) is 0 Å². The van der Waals surface area contributed by atoms with E-state index in [0.29, 0.717) is 17.8 Å². The number of carbonyl (C=O) groups excluding carboxylic acids is 2. The van der Waals surface area contributed by atoms with E-state index in [0.717, 1.165) is 24.0 Å². The van der Waals surface area contributed by atoms with Crippen LogP contribution in [-0.4, -0.2) is 25.0 Å². The van der Waals surface area contributed by atoms with Gasteiger partial charge in [-0.2, -0.15) is 0 Å². The normalized spacial score (nSPS) is 18.0.